The lowest BCUT2D eigenvalue weighted by atomic mass is 10.1. The maximum Gasteiger partial charge on any atom is 0.263 e. The minimum atomic E-state index is -3.86. The Labute approximate surface area is 122 Å². The number of sulfonamides is 1. The third-order valence-corrected chi connectivity index (χ3v) is 4.18. The van der Waals surface area contributed by atoms with Crippen molar-refractivity contribution in [3.05, 3.63) is 53.6 Å². The third kappa shape index (κ3) is 2.94. The number of hydrogen-bond donors (Lipinski definition) is 2. The second-order valence-corrected chi connectivity index (χ2v) is 5.78. The van der Waals surface area contributed by atoms with E-state index in [1.165, 1.54) is 30.3 Å². The van der Waals surface area contributed by atoms with E-state index < -0.39 is 10.0 Å². The molecule has 0 heterocycles. The predicted molar refractivity (Wildman–Crippen MR) is 77.5 cm³/mol. The summed E-state index contributed by atoms with van der Waals surface area (Å²) in [6, 6.07) is 13.8. The Morgan fingerprint density at radius 2 is 1.67 bits per heavy atom. The molecule has 0 bridgehead atoms. The van der Waals surface area contributed by atoms with Crippen molar-refractivity contribution in [3.63, 3.8) is 0 Å². The lowest BCUT2D eigenvalue weighted by molar-refractivity contribution is 0.601. The van der Waals surface area contributed by atoms with Crippen molar-refractivity contribution in [1.29, 1.82) is 10.5 Å². The first-order valence-electron chi connectivity index (χ1n) is 5.79. The fourth-order valence-electron chi connectivity index (χ4n) is 1.73. The average molecular weight is 298 g/mol. The normalized spacial score (nSPS) is 10.4. The first-order chi connectivity index (χ1) is 9.97. The summed E-state index contributed by atoms with van der Waals surface area (Å²) in [7, 11) is -3.86. The quantitative estimate of drug-likeness (QED) is 0.837. The molecule has 0 saturated heterocycles. The number of nitrogen functional groups attached to an aromatic ring is 1. The number of nitrogens with one attached hydrogen (secondary N) is 1. The number of rotatable bonds is 3. The molecular weight excluding hydrogens is 288 g/mol. The topological polar surface area (TPSA) is 120 Å². The van der Waals surface area contributed by atoms with Gasteiger partial charge in [-0.1, -0.05) is 12.1 Å². The highest BCUT2D eigenvalue weighted by Crippen LogP contribution is 2.22. The van der Waals surface area contributed by atoms with Crippen LogP contribution in [0.3, 0.4) is 0 Å². The van der Waals surface area contributed by atoms with Gasteiger partial charge in [-0.3, -0.25) is 4.72 Å². The molecule has 2 rings (SSSR count). The molecule has 7 heteroatoms. The summed E-state index contributed by atoms with van der Waals surface area (Å²) in [5.74, 6) is 0. The van der Waals surface area contributed by atoms with Gasteiger partial charge in [0.2, 0.25) is 0 Å². The van der Waals surface area contributed by atoms with E-state index in [0.717, 1.165) is 0 Å². The highest BCUT2D eigenvalue weighted by atomic mass is 32.2. The van der Waals surface area contributed by atoms with E-state index in [1.807, 2.05) is 12.1 Å². The van der Waals surface area contributed by atoms with E-state index in [0.29, 0.717) is 0 Å². The molecule has 0 aliphatic rings. The Morgan fingerprint density at radius 3 is 2.29 bits per heavy atom. The van der Waals surface area contributed by atoms with Crippen molar-refractivity contribution >= 4 is 21.4 Å². The van der Waals surface area contributed by atoms with E-state index >= 15 is 0 Å². The Bertz CT molecular complexity index is 877. The molecule has 0 unspecified atom stereocenters. The van der Waals surface area contributed by atoms with Crippen molar-refractivity contribution in [2.45, 2.75) is 4.90 Å². The van der Waals surface area contributed by atoms with Gasteiger partial charge in [0.15, 0.2) is 0 Å². The van der Waals surface area contributed by atoms with Crippen LogP contribution in [0.2, 0.25) is 0 Å². The van der Waals surface area contributed by atoms with Crippen LogP contribution in [-0.4, -0.2) is 8.42 Å². The number of nitrogens with two attached hydrogens (primary N) is 1. The fourth-order valence-corrected chi connectivity index (χ4v) is 2.92. The summed E-state index contributed by atoms with van der Waals surface area (Å²) in [6.45, 7) is 0. The van der Waals surface area contributed by atoms with Gasteiger partial charge in [-0.05, 0) is 30.3 Å². The number of hydrogen-bond acceptors (Lipinski definition) is 5. The molecule has 0 aromatic heterocycles. The van der Waals surface area contributed by atoms with Gasteiger partial charge in [0.05, 0.1) is 22.5 Å². The first kappa shape index (κ1) is 14.4. The molecule has 21 heavy (non-hydrogen) atoms. The van der Waals surface area contributed by atoms with Crippen molar-refractivity contribution in [2.75, 3.05) is 10.5 Å². The van der Waals surface area contributed by atoms with Crippen LogP contribution in [0, 0.1) is 22.7 Å². The maximum atomic E-state index is 12.2. The van der Waals surface area contributed by atoms with Crippen LogP contribution in [0.5, 0.6) is 0 Å². The van der Waals surface area contributed by atoms with Crippen molar-refractivity contribution < 1.29 is 8.42 Å². The molecule has 6 nitrogen and oxygen atoms in total. The van der Waals surface area contributed by atoms with Crippen molar-refractivity contribution in [3.8, 4) is 12.1 Å². The van der Waals surface area contributed by atoms with Gasteiger partial charge in [-0.25, -0.2) is 8.42 Å². The Hall–Kier alpha value is -3.03. The molecular formula is C14H10N4O2S. The summed E-state index contributed by atoms with van der Waals surface area (Å²) in [4.78, 5) is -0.0483. The molecule has 0 aliphatic heterocycles. The maximum absolute atomic E-state index is 12.2. The van der Waals surface area contributed by atoms with Crippen LogP contribution < -0.4 is 10.5 Å². The second kappa shape index (κ2) is 5.53. The van der Waals surface area contributed by atoms with Gasteiger partial charge >= 0.3 is 0 Å². The van der Waals surface area contributed by atoms with Crippen LogP contribution in [-0.2, 0) is 10.0 Å². The standard InChI is InChI=1S/C14H10N4O2S/c15-8-10-5-6-12(7-11(10)9-16)18-21(19,20)14-4-2-1-3-13(14)17/h1-7,18H,17H2. The van der Waals surface area contributed by atoms with Gasteiger partial charge in [0.1, 0.15) is 17.0 Å². The largest absolute Gasteiger partial charge is 0.398 e. The van der Waals surface area contributed by atoms with Crippen molar-refractivity contribution in [2.24, 2.45) is 0 Å². The Balaban J connectivity index is 2.41. The van der Waals surface area contributed by atoms with Crippen LogP contribution in [0.1, 0.15) is 11.1 Å². The number of anilines is 2. The van der Waals surface area contributed by atoms with Crippen LogP contribution in [0.25, 0.3) is 0 Å². The zero-order valence-electron chi connectivity index (χ0n) is 10.7. The summed E-state index contributed by atoms with van der Waals surface area (Å²) < 4.78 is 26.8. The number of nitrogens with zero attached hydrogens (tertiary/aromatic N) is 2. The van der Waals surface area contributed by atoms with Gasteiger partial charge in [0, 0.05) is 0 Å². The highest BCUT2D eigenvalue weighted by molar-refractivity contribution is 7.92. The minimum absolute atomic E-state index is 0.0483. The summed E-state index contributed by atoms with van der Waals surface area (Å²) in [5, 5.41) is 17.8. The number of para-hydroxylation sites is 1. The zero-order chi connectivity index (χ0) is 15.5. The van der Waals surface area contributed by atoms with Crippen LogP contribution >= 0.6 is 0 Å². The molecule has 0 fully saturated rings. The molecule has 3 N–H and O–H groups in total. The second-order valence-electron chi connectivity index (χ2n) is 4.13. The molecule has 0 radical (unpaired) electrons. The molecule has 0 spiro atoms. The number of nitriles is 2. The summed E-state index contributed by atoms with van der Waals surface area (Å²) >= 11 is 0. The van der Waals surface area contributed by atoms with E-state index in [9.17, 15) is 8.42 Å². The molecule has 0 amide bonds. The molecule has 2 aromatic rings. The summed E-state index contributed by atoms with van der Waals surface area (Å²) in [5.41, 5.74) is 6.24. The van der Waals surface area contributed by atoms with Gasteiger partial charge in [-0.15, -0.1) is 0 Å². The number of benzene rings is 2. The predicted octanol–water partition coefficient (Wildman–Crippen LogP) is 1.81. The molecule has 2 aromatic carbocycles. The minimum Gasteiger partial charge on any atom is -0.398 e. The van der Waals surface area contributed by atoms with E-state index in [2.05, 4.69) is 4.72 Å². The SMILES string of the molecule is N#Cc1ccc(NS(=O)(=O)c2ccccc2N)cc1C#N. The Kier molecular flexibility index (Phi) is 3.79. The zero-order valence-corrected chi connectivity index (χ0v) is 11.6. The lowest BCUT2D eigenvalue weighted by Gasteiger charge is -2.10. The van der Waals surface area contributed by atoms with Gasteiger partial charge < -0.3 is 5.73 Å². The molecule has 0 atom stereocenters. The summed E-state index contributed by atoms with van der Waals surface area (Å²) in [6.07, 6.45) is 0. The smallest absolute Gasteiger partial charge is 0.263 e. The third-order valence-electron chi connectivity index (χ3n) is 2.72. The first-order valence-corrected chi connectivity index (χ1v) is 7.28. The molecule has 104 valence electrons. The van der Waals surface area contributed by atoms with E-state index in [4.69, 9.17) is 16.3 Å². The van der Waals surface area contributed by atoms with Crippen molar-refractivity contribution in [1.82, 2.24) is 0 Å². The lowest BCUT2D eigenvalue weighted by Crippen LogP contribution is -2.14. The molecule has 0 saturated carbocycles. The van der Waals surface area contributed by atoms with Crippen LogP contribution in [0.15, 0.2) is 47.4 Å². The van der Waals surface area contributed by atoms with E-state index in [1.54, 1.807) is 12.1 Å². The Morgan fingerprint density at radius 1 is 1.00 bits per heavy atom. The van der Waals surface area contributed by atoms with Gasteiger partial charge in [0.25, 0.3) is 10.0 Å². The van der Waals surface area contributed by atoms with Crippen LogP contribution in [0.4, 0.5) is 11.4 Å². The monoisotopic (exact) mass is 298 g/mol. The van der Waals surface area contributed by atoms with E-state index in [-0.39, 0.29) is 27.4 Å². The average Bonchev–Trinajstić information content (AvgIpc) is 2.47. The fraction of sp³-hybridized carbons (Fsp3) is 0. The highest BCUT2D eigenvalue weighted by Gasteiger charge is 2.17. The van der Waals surface area contributed by atoms with Gasteiger partial charge in [-0.2, -0.15) is 10.5 Å². The molecule has 0 aliphatic carbocycles.